The van der Waals surface area contributed by atoms with E-state index in [1.807, 2.05) is 26.0 Å². The second-order valence-electron chi connectivity index (χ2n) is 6.55. The van der Waals surface area contributed by atoms with E-state index < -0.39 is 0 Å². The van der Waals surface area contributed by atoms with Crippen LogP contribution in [0.3, 0.4) is 0 Å². The molecule has 2 N–H and O–H groups in total. The fourth-order valence-electron chi connectivity index (χ4n) is 3.13. The zero-order valence-corrected chi connectivity index (χ0v) is 18.9. The molecule has 1 aromatic carbocycles. The van der Waals surface area contributed by atoms with Crippen molar-refractivity contribution in [2.24, 2.45) is 4.99 Å². The molecule has 1 heterocycles. The number of nitrogens with one attached hydrogen (secondary N) is 2. The lowest BCUT2D eigenvalue weighted by Crippen LogP contribution is -2.37. The molecular weight excluding hydrogens is 384 g/mol. The van der Waals surface area contributed by atoms with Crippen LogP contribution >= 0.6 is 0 Å². The molecular formula is C22H34N4O4. The second-order valence-corrected chi connectivity index (χ2v) is 6.55. The van der Waals surface area contributed by atoms with Crippen LogP contribution in [0.2, 0.25) is 0 Å². The lowest BCUT2D eigenvalue weighted by atomic mass is 10.1. The third-order valence-electron chi connectivity index (χ3n) is 4.61. The smallest absolute Gasteiger partial charge is 0.203 e. The van der Waals surface area contributed by atoms with Crippen molar-refractivity contribution in [3.8, 4) is 17.2 Å². The summed E-state index contributed by atoms with van der Waals surface area (Å²) in [6.45, 7) is 10.5. The summed E-state index contributed by atoms with van der Waals surface area (Å²) in [4.78, 5) is 4.71. The lowest BCUT2D eigenvalue weighted by molar-refractivity contribution is 0.288. The van der Waals surface area contributed by atoms with Gasteiger partial charge in [0.25, 0.3) is 0 Å². The molecule has 8 nitrogen and oxygen atoms in total. The minimum Gasteiger partial charge on any atom is -0.493 e. The zero-order valence-electron chi connectivity index (χ0n) is 18.9. The van der Waals surface area contributed by atoms with E-state index in [9.17, 15) is 0 Å². The summed E-state index contributed by atoms with van der Waals surface area (Å²) in [5.41, 5.74) is 3.05. The van der Waals surface area contributed by atoms with Gasteiger partial charge in [-0.15, -0.1) is 0 Å². The Balaban J connectivity index is 2.19. The average molecular weight is 419 g/mol. The number of aliphatic imine (C=N–C) groups is 1. The largest absolute Gasteiger partial charge is 0.493 e. The van der Waals surface area contributed by atoms with Crippen LogP contribution < -0.4 is 24.8 Å². The molecule has 0 saturated heterocycles. The van der Waals surface area contributed by atoms with Gasteiger partial charge in [0.1, 0.15) is 5.76 Å². The summed E-state index contributed by atoms with van der Waals surface area (Å²) in [6.07, 6.45) is 1.64. The highest BCUT2D eigenvalue weighted by atomic mass is 16.5. The SMILES string of the molecule is CCNC(=NCc1cc(OC)c(OCC)c(OC)c1)NCc1c(CC)noc1CC. The van der Waals surface area contributed by atoms with Gasteiger partial charge >= 0.3 is 0 Å². The van der Waals surface area contributed by atoms with E-state index in [4.69, 9.17) is 23.7 Å². The first kappa shape index (κ1) is 23.4. The molecule has 0 unspecified atom stereocenters. The minimum atomic E-state index is 0.458. The van der Waals surface area contributed by atoms with Crippen molar-refractivity contribution in [2.75, 3.05) is 27.4 Å². The van der Waals surface area contributed by atoms with Crippen LogP contribution in [0.5, 0.6) is 17.2 Å². The first-order valence-corrected chi connectivity index (χ1v) is 10.5. The standard InChI is InChI=1S/C22H34N4O4/c1-7-17-16(18(8-2)30-26-17)14-25-22(23-9-3)24-13-15-11-19(27-5)21(29-10-4)20(12-15)28-6/h11-12H,7-10,13-14H2,1-6H3,(H2,23,24,25). The van der Waals surface area contributed by atoms with Crippen molar-refractivity contribution in [3.05, 3.63) is 34.7 Å². The van der Waals surface area contributed by atoms with Gasteiger partial charge in [0.15, 0.2) is 17.5 Å². The molecule has 0 aliphatic heterocycles. The van der Waals surface area contributed by atoms with Gasteiger partial charge in [0.2, 0.25) is 5.75 Å². The quantitative estimate of drug-likeness (QED) is 0.426. The highest BCUT2D eigenvalue weighted by Gasteiger charge is 2.15. The number of hydrogen-bond donors (Lipinski definition) is 2. The first-order valence-electron chi connectivity index (χ1n) is 10.5. The Morgan fingerprint density at radius 3 is 2.27 bits per heavy atom. The fourth-order valence-corrected chi connectivity index (χ4v) is 3.13. The van der Waals surface area contributed by atoms with Crippen molar-refractivity contribution in [3.63, 3.8) is 0 Å². The van der Waals surface area contributed by atoms with Crippen LogP contribution in [0.25, 0.3) is 0 Å². The summed E-state index contributed by atoms with van der Waals surface area (Å²) < 4.78 is 22.1. The molecule has 0 saturated carbocycles. The highest BCUT2D eigenvalue weighted by molar-refractivity contribution is 5.79. The maximum absolute atomic E-state index is 5.67. The molecule has 0 atom stereocenters. The van der Waals surface area contributed by atoms with E-state index in [1.165, 1.54) is 0 Å². The van der Waals surface area contributed by atoms with Gasteiger partial charge in [0.05, 0.1) is 33.1 Å². The van der Waals surface area contributed by atoms with E-state index >= 15 is 0 Å². The first-order chi connectivity index (χ1) is 14.6. The number of rotatable bonds is 11. The average Bonchev–Trinajstić information content (AvgIpc) is 3.18. The van der Waals surface area contributed by atoms with E-state index in [0.29, 0.717) is 36.9 Å². The molecule has 2 rings (SSSR count). The Morgan fingerprint density at radius 2 is 1.73 bits per heavy atom. The third kappa shape index (κ3) is 5.81. The molecule has 8 heteroatoms. The number of aryl methyl sites for hydroxylation is 2. The van der Waals surface area contributed by atoms with Crippen molar-refractivity contribution in [2.45, 2.75) is 53.6 Å². The van der Waals surface area contributed by atoms with Crippen molar-refractivity contribution < 1.29 is 18.7 Å². The van der Waals surface area contributed by atoms with Gasteiger partial charge in [-0.1, -0.05) is 19.0 Å². The summed E-state index contributed by atoms with van der Waals surface area (Å²) in [7, 11) is 3.23. The summed E-state index contributed by atoms with van der Waals surface area (Å²) in [6, 6.07) is 3.84. The van der Waals surface area contributed by atoms with Gasteiger partial charge in [-0.2, -0.15) is 0 Å². The monoisotopic (exact) mass is 418 g/mol. The van der Waals surface area contributed by atoms with Crippen LogP contribution in [0.4, 0.5) is 0 Å². The molecule has 2 aromatic rings. The zero-order chi connectivity index (χ0) is 21.9. The third-order valence-corrected chi connectivity index (χ3v) is 4.61. The molecule has 30 heavy (non-hydrogen) atoms. The molecule has 0 radical (unpaired) electrons. The molecule has 0 amide bonds. The number of aromatic nitrogens is 1. The number of guanidine groups is 1. The highest BCUT2D eigenvalue weighted by Crippen LogP contribution is 2.38. The number of methoxy groups -OCH3 is 2. The maximum Gasteiger partial charge on any atom is 0.203 e. The molecule has 0 spiro atoms. The van der Waals surface area contributed by atoms with E-state index in [-0.39, 0.29) is 0 Å². The Bertz CT molecular complexity index is 786. The van der Waals surface area contributed by atoms with Crippen molar-refractivity contribution in [1.82, 2.24) is 15.8 Å². The van der Waals surface area contributed by atoms with E-state index in [0.717, 1.165) is 47.9 Å². The predicted octanol–water partition coefficient (Wildman–Crippen LogP) is 3.47. The Morgan fingerprint density at radius 1 is 1.03 bits per heavy atom. The molecule has 0 bridgehead atoms. The number of hydrogen-bond acceptors (Lipinski definition) is 6. The number of ether oxygens (including phenoxy) is 3. The van der Waals surface area contributed by atoms with Gasteiger partial charge < -0.3 is 29.4 Å². The Kier molecular flexibility index (Phi) is 9.31. The fraction of sp³-hybridized carbons (Fsp3) is 0.545. The van der Waals surface area contributed by atoms with Crippen LogP contribution in [-0.4, -0.2) is 38.5 Å². The number of nitrogens with zero attached hydrogens (tertiary/aromatic N) is 2. The molecule has 1 aromatic heterocycles. The van der Waals surface area contributed by atoms with Crippen molar-refractivity contribution >= 4 is 5.96 Å². The van der Waals surface area contributed by atoms with Gasteiger partial charge in [-0.3, -0.25) is 0 Å². The molecule has 166 valence electrons. The minimum absolute atomic E-state index is 0.458. The lowest BCUT2D eigenvalue weighted by Gasteiger charge is -2.15. The van der Waals surface area contributed by atoms with Gasteiger partial charge in [-0.05, 0) is 38.0 Å². The topological polar surface area (TPSA) is 90.1 Å². The Hall–Kier alpha value is -2.90. The normalized spacial score (nSPS) is 11.3. The van der Waals surface area contributed by atoms with E-state index in [2.05, 4.69) is 29.6 Å². The summed E-state index contributed by atoms with van der Waals surface area (Å²) >= 11 is 0. The maximum atomic E-state index is 5.67. The molecule has 0 fully saturated rings. The van der Waals surface area contributed by atoms with Crippen LogP contribution in [0.1, 0.15) is 50.3 Å². The van der Waals surface area contributed by atoms with E-state index in [1.54, 1.807) is 14.2 Å². The van der Waals surface area contributed by atoms with Crippen LogP contribution in [0, 0.1) is 0 Å². The van der Waals surface area contributed by atoms with Crippen LogP contribution in [0.15, 0.2) is 21.6 Å². The Labute approximate surface area is 179 Å². The molecule has 0 aliphatic carbocycles. The number of benzene rings is 1. The predicted molar refractivity (Wildman–Crippen MR) is 118 cm³/mol. The van der Waals surface area contributed by atoms with Gasteiger partial charge in [0, 0.05) is 25.1 Å². The summed E-state index contributed by atoms with van der Waals surface area (Å²) in [5, 5.41) is 10.8. The molecule has 0 aliphatic rings. The van der Waals surface area contributed by atoms with Crippen LogP contribution in [-0.2, 0) is 25.9 Å². The second kappa shape index (κ2) is 11.9. The van der Waals surface area contributed by atoms with Gasteiger partial charge in [-0.25, -0.2) is 4.99 Å². The summed E-state index contributed by atoms with van der Waals surface area (Å²) in [5.74, 6) is 3.49. The van der Waals surface area contributed by atoms with Crippen molar-refractivity contribution in [1.29, 1.82) is 0 Å².